The van der Waals surface area contributed by atoms with Crippen LogP contribution in [-0.4, -0.2) is 33.3 Å². The average Bonchev–Trinajstić information content (AvgIpc) is 2.46. The highest BCUT2D eigenvalue weighted by Crippen LogP contribution is 2.30. The molecule has 1 aromatic rings. The maximum atomic E-state index is 11.3. The minimum Gasteiger partial charge on any atom is -0.481 e. The van der Waals surface area contributed by atoms with Gasteiger partial charge in [0.25, 0.3) is 5.69 Å². The second-order valence-corrected chi connectivity index (χ2v) is 4.37. The van der Waals surface area contributed by atoms with Crippen molar-refractivity contribution in [1.29, 1.82) is 0 Å². The SMILES string of the molecule is O=C(O)C1=C(c2cccc([N+](=O)[O-])c2)N=CC(C(=O)O)C1. The molecule has 1 atom stereocenters. The number of carbonyl (C=O) groups is 2. The van der Waals surface area contributed by atoms with Crippen molar-refractivity contribution in [3.63, 3.8) is 0 Å². The minimum absolute atomic E-state index is 0.0451. The zero-order valence-corrected chi connectivity index (χ0v) is 10.6. The topological polar surface area (TPSA) is 130 Å². The van der Waals surface area contributed by atoms with Crippen LogP contribution in [0.1, 0.15) is 12.0 Å². The van der Waals surface area contributed by atoms with Gasteiger partial charge in [0.15, 0.2) is 0 Å². The molecule has 2 rings (SSSR count). The first-order chi connectivity index (χ1) is 9.90. The quantitative estimate of drug-likeness (QED) is 0.639. The third-order valence-corrected chi connectivity index (χ3v) is 3.00. The second kappa shape index (κ2) is 5.53. The monoisotopic (exact) mass is 290 g/mol. The Labute approximate surface area is 118 Å². The molecule has 1 unspecified atom stereocenters. The van der Waals surface area contributed by atoms with E-state index in [9.17, 15) is 24.8 Å². The molecule has 2 N–H and O–H groups in total. The van der Waals surface area contributed by atoms with Crippen LogP contribution < -0.4 is 0 Å². The van der Waals surface area contributed by atoms with Gasteiger partial charge in [0.2, 0.25) is 0 Å². The lowest BCUT2D eigenvalue weighted by Crippen LogP contribution is -2.22. The van der Waals surface area contributed by atoms with E-state index in [0.717, 1.165) is 6.21 Å². The summed E-state index contributed by atoms with van der Waals surface area (Å²) in [7, 11) is 0. The summed E-state index contributed by atoms with van der Waals surface area (Å²) >= 11 is 0. The van der Waals surface area contributed by atoms with E-state index in [4.69, 9.17) is 5.11 Å². The molecule has 0 saturated carbocycles. The summed E-state index contributed by atoms with van der Waals surface area (Å²) in [5.74, 6) is -3.48. The first-order valence-electron chi connectivity index (χ1n) is 5.88. The van der Waals surface area contributed by atoms with Gasteiger partial charge in [0, 0.05) is 23.9 Å². The molecule has 21 heavy (non-hydrogen) atoms. The Morgan fingerprint density at radius 1 is 1.33 bits per heavy atom. The molecule has 8 nitrogen and oxygen atoms in total. The lowest BCUT2D eigenvalue weighted by Gasteiger charge is -2.16. The standard InChI is InChI=1S/C13H10N2O6/c16-12(17)8-5-10(13(18)19)11(14-6-8)7-2-1-3-9(4-7)15(20)21/h1-4,6,8H,5H2,(H,16,17)(H,18,19). The zero-order chi connectivity index (χ0) is 15.6. The fourth-order valence-electron chi connectivity index (χ4n) is 1.97. The fraction of sp³-hybridized carbons (Fsp3) is 0.154. The van der Waals surface area contributed by atoms with Gasteiger partial charge >= 0.3 is 11.9 Å². The Hall–Kier alpha value is -3.03. The number of hydrogen-bond acceptors (Lipinski definition) is 5. The Morgan fingerprint density at radius 2 is 2.05 bits per heavy atom. The molecule has 0 spiro atoms. The summed E-state index contributed by atoms with van der Waals surface area (Å²) in [6.45, 7) is 0. The number of carboxylic acid groups (broad SMARTS) is 2. The fourth-order valence-corrected chi connectivity index (χ4v) is 1.97. The number of benzene rings is 1. The maximum Gasteiger partial charge on any atom is 0.333 e. The number of aliphatic carboxylic acids is 2. The summed E-state index contributed by atoms with van der Waals surface area (Å²) in [5.41, 5.74) is -0.0592. The molecule has 0 aliphatic carbocycles. The molecule has 1 aliphatic heterocycles. The van der Waals surface area contributed by atoms with E-state index in [1.807, 2.05) is 0 Å². The van der Waals surface area contributed by atoms with Crippen molar-refractivity contribution in [1.82, 2.24) is 0 Å². The maximum absolute atomic E-state index is 11.3. The van der Waals surface area contributed by atoms with E-state index in [0.29, 0.717) is 0 Å². The van der Waals surface area contributed by atoms with Crippen molar-refractivity contribution < 1.29 is 24.7 Å². The number of aliphatic imine (C=N–C) groups is 1. The van der Waals surface area contributed by atoms with Gasteiger partial charge in [-0.1, -0.05) is 12.1 Å². The van der Waals surface area contributed by atoms with Crippen LogP contribution in [0.25, 0.3) is 5.70 Å². The lowest BCUT2D eigenvalue weighted by atomic mass is 9.93. The van der Waals surface area contributed by atoms with E-state index in [2.05, 4.69) is 4.99 Å². The van der Waals surface area contributed by atoms with Crippen LogP contribution in [-0.2, 0) is 9.59 Å². The second-order valence-electron chi connectivity index (χ2n) is 4.37. The molecule has 0 saturated heterocycles. The Morgan fingerprint density at radius 3 is 2.62 bits per heavy atom. The van der Waals surface area contributed by atoms with Crippen LogP contribution in [0.5, 0.6) is 0 Å². The molecule has 108 valence electrons. The molecule has 0 fully saturated rings. The lowest BCUT2D eigenvalue weighted by molar-refractivity contribution is -0.384. The highest BCUT2D eigenvalue weighted by molar-refractivity contribution is 6.03. The molecule has 0 radical (unpaired) electrons. The number of nitro benzene ring substituents is 1. The highest BCUT2D eigenvalue weighted by atomic mass is 16.6. The van der Waals surface area contributed by atoms with Crippen molar-refractivity contribution in [3.05, 3.63) is 45.5 Å². The minimum atomic E-state index is -1.29. The number of nitrogens with zero attached hydrogens (tertiary/aromatic N) is 2. The predicted octanol–water partition coefficient (Wildman–Crippen LogP) is 1.57. The van der Waals surface area contributed by atoms with Crippen LogP contribution in [0, 0.1) is 16.0 Å². The predicted molar refractivity (Wildman–Crippen MR) is 71.9 cm³/mol. The summed E-state index contributed by atoms with van der Waals surface area (Å²) in [6, 6.07) is 5.39. The third-order valence-electron chi connectivity index (χ3n) is 3.00. The molecule has 8 heteroatoms. The van der Waals surface area contributed by atoms with Gasteiger partial charge in [-0.2, -0.15) is 0 Å². The molecule has 0 bridgehead atoms. The number of rotatable bonds is 4. The van der Waals surface area contributed by atoms with E-state index in [-0.39, 0.29) is 28.9 Å². The summed E-state index contributed by atoms with van der Waals surface area (Å²) < 4.78 is 0. The summed E-state index contributed by atoms with van der Waals surface area (Å²) in [5, 5.41) is 28.9. The van der Waals surface area contributed by atoms with Crippen molar-refractivity contribution in [3.8, 4) is 0 Å². The van der Waals surface area contributed by atoms with Gasteiger partial charge in [0.05, 0.1) is 22.1 Å². The van der Waals surface area contributed by atoms with E-state index < -0.39 is 22.8 Å². The number of hydrogen-bond donors (Lipinski definition) is 2. The van der Waals surface area contributed by atoms with Gasteiger partial charge in [-0.25, -0.2) is 4.79 Å². The van der Waals surface area contributed by atoms with Crippen molar-refractivity contribution >= 4 is 29.5 Å². The Bertz CT molecular complexity index is 692. The van der Waals surface area contributed by atoms with E-state index in [1.165, 1.54) is 24.3 Å². The van der Waals surface area contributed by atoms with Crippen LogP contribution in [0.15, 0.2) is 34.8 Å². The molecule has 1 aliphatic rings. The van der Waals surface area contributed by atoms with Crippen LogP contribution in [0.3, 0.4) is 0 Å². The normalized spacial score (nSPS) is 17.6. The molecular weight excluding hydrogens is 280 g/mol. The van der Waals surface area contributed by atoms with Gasteiger partial charge < -0.3 is 10.2 Å². The first-order valence-corrected chi connectivity index (χ1v) is 5.88. The smallest absolute Gasteiger partial charge is 0.333 e. The van der Waals surface area contributed by atoms with Crippen molar-refractivity contribution in [2.24, 2.45) is 10.9 Å². The third kappa shape index (κ3) is 2.94. The number of carboxylic acids is 2. The van der Waals surface area contributed by atoms with Crippen molar-refractivity contribution in [2.45, 2.75) is 6.42 Å². The van der Waals surface area contributed by atoms with Gasteiger partial charge in [-0.3, -0.25) is 19.9 Å². The molecular formula is C13H10N2O6. The van der Waals surface area contributed by atoms with Crippen molar-refractivity contribution in [2.75, 3.05) is 0 Å². The molecule has 1 aromatic carbocycles. The van der Waals surface area contributed by atoms with Gasteiger partial charge in [0.1, 0.15) is 0 Å². The summed E-state index contributed by atoms with van der Waals surface area (Å²) in [4.78, 5) is 36.2. The Balaban J connectivity index is 2.50. The highest BCUT2D eigenvalue weighted by Gasteiger charge is 2.28. The number of non-ortho nitro benzene ring substituents is 1. The van der Waals surface area contributed by atoms with Crippen LogP contribution in [0.4, 0.5) is 5.69 Å². The van der Waals surface area contributed by atoms with E-state index >= 15 is 0 Å². The van der Waals surface area contributed by atoms with Gasteiger partial charge in [-0.05, 0) is 6.42 Å². The molecule has 1 heterocycles. The van der Waals surface area contributed by atoms with E-state index in [1.54, 1.807) is 0 Å². The first kappa shape index (κ1) is 14.4. The molecule has 0 aromatic heterocycles. The van der Waals surface area contributed by atoms with Gasteiger partial charge in [-0.15, -0.1) is 0 Å². The van der Waals surface area contributed by atoms with Crippen LogP contribution in [0.2, 0.25) is 0 Å². The van der Waals surface area contributed by atoms with Crippen LogP contribution >= 0.6 is 0 Å². The zero-order valence-electron chi connectivity index (χ0n) is 10.6. The number of nitro groups is 1. The average molecular weight is 290 g/mol. The summed E-state index contributed by atoms with van der Waals surface area (Å²) in [6.07, 6.45) is 0.926. The largest absolute Gasteiger partial charge is 0.481 e. The molecule has 0 amide bonds. The Kier molecular flexibility index (Phi) is 3.79.